The van der Waals surface area contributed by atoms with Crippen LogP contribution in [-0.4, -0.2) is 27.5 Å². The summed E-state index contributed by atoms with van der Waals surface area (Å²) in [5, 5.41) is 0. The van der Waals surface area contributed by atoms with Gasteiger partial charge < -0.3 is 4.57 Å². The first kappa shape index (κ1) is 11.5. The average molecular weight is 241 g/mol. The quantitative estimate of drug-likeness (QED) is 0.824. The summed E-state index contributed by atoms with van der Waals surface area (Å²) in [5.41, 5.74) is 2.64. The number of hydrogen-bond acceptors (Lipinski definition) is 2. The predicted molar refractivity (Wildman–Crippen MR) is 72.7 cm³/mol. The van der Waals surface area contributed by atoms with E-state index >= 15 is 0 Å². The van der Waals surface area contributed by atoms with E-state index in [4.69, 9.17) is 0 Å². The van der Waals surface area contributed by atoms with Gasteiger partial charge in [0.15, 0.2) is 0 Å². The third kappa shape index (κ3) is 2.46. The fourth-order valence-corrected chi connectivity index (χ4v) is 2.66. The summed E-state index contributed by atoms with van der Waals surface area (Å²) >= 11 is 0. The molecule has 0 N–H and O–H groups in total. The van der Waals surface area contributed by atoms with E-state index in [0.717, 1.165) is 6.54 Å². The molecule has 0 aliphatic carbocycles. The molecule has 3 rings (SSSR count). The van der Waals surface area contributed by atoms with Crippen molar-refractivity contribution in [3.8, 4) is 5.69 Å². The summed E-state index contributed by atoms with van der Waals surface area (Å²) in [4.78, 5) is 6.69. The van der Waals surface area contributed by atoms with Crippen LogP contribution in [-0.2, 0) is 6.54 Å². The van der Waals surface area contributed by atoms with Gasteiger partial charge in [-0.15, -0.1) is 0 Å². The lowest BCUT2D eigenvalue weighted by Gasteiger charge is -2.27. The monoisotopic (exact) mass is 241 g/mol. The molecule has 0 spiro atoms. The van der Waals surface area contributed by atoms with Crippen molar-refractivity contribution >= 4 is 0 Å². The first-order valence-electron chi connectivity index (χ1n) is 6.72. The Morgan fingerprint density at radius 2 is 1.89 bits per heavy atom. The second-order valence-corrected chi connectivity index (χ2v) is 4.94. The number of aromatic nitrogens is 2. The van der Waals surface area contributed by atoms with Gasteiger partial charge in [0.25, 0.3) is 0 Å². The van der Waals surface area contributed by atoms with E-state index in [0.29, 0.717) is 0 Å². The van der Waals surface area contributed by atoms with Crippen molar-refractivity contribution < 1.29 is 0 Å². The van der Waals surface area contributed by atoms with Crippen LogP contribution >= 0.6 is 0 Å². The molecule has 1 aromatic heterocycles. The number of imidazole rings is 1. The molecule has 1 aromatic carbocycles. The zero-order valence-corrected chi connectivity index (χ0v) is 10.6. The Morgan fingerprint density at radius 3 is 2.67 bits per heavy atom. The highest BCUT2D eigenvalue weighted by Crippen LogP contribution is 2.18. The standard InChI is InChI=1S/C15H19N3/c1-4-9-17(10-5-1)12-14-6-2-3-7-15(14)18-11-8-16-13-18/h2-3,6-8,11,13H,1,4-5,9-10,12H2. The van der Waals surface area contributed by atoms with Crippen molar-refractivity contribution in [2.24, 2.45) is 0 Å². The Labute approximate surface area is 108 Å². The van der Waals surface area contributed by atoms with Gasteiger partial charge in [-0.1, -0.05) is 24.6 Å². The normalized spacial score (nSPS) is 16.9. The van der Waals surface area contributed by atoms with Gasteiger partial charge in [0.05, 0.1) is 12.0 Å². The molecule has 3 nitrogen and oxygen atoms in total. The second kappa shape index (κ2) is 5.36. The molecule has 1 fully saturated rings. The van der Waals surface area contributed by atoms with Crippen LogP contribution in [0.2, 0.25) is 0 Å². The minimum absolute atomic E-state index is 1.05. The molecule has 94 valence electrons. The van der Waals surface area contributed by atoms with Crippen LogP contribution in [0.3, 0.4) is 0 Å². The van der Waals surface area contributed by atoms with E-state index in [1.54, 1.807) is 0 Å². The van der Waals surface area contributed by atoms with E-state index < -0.39 is 0 Å². The topological polar surface area (TPSA) is 21.1 Å². The van der Waals surface area contributed by atoms with Gasteiger partial charge in [-0.05, 0) is 37.6 Å². The van der Waals surface area contributed by atoms with Crippen molar-refractivity contribution in [2.75, 3.05) is 13.1 Å². The molecule has 2 heterocycles. The Morgan fingerprint density at radius 1 is 1.06 bits per heavy atom. The number of benzene rings is 1. The van der Waals surface area contributed by atoms with Crippen LogP contribution in [0, 0.1) is 0 Å². The molecule has 0 unspecified atom stereocenters. The van der Waals surface area contributed by atoms with Crippen LogP contribution in [0.5, 0.6) is 0 Å². The number of likely N-dealkylation sites (tertiary alicyclic amines) is 1. The van der Waals surface area contributed by atoms with E-state index in [9.17, 15) is 0 Å². The van der Waals surface area contributed by atoms with E-state index in [1.807, 2.05) is 18.7 Å². The highest BCUT2D eigenvalue weighted by atomic mass is 15.1. The largest absolute Gasteiger partial charge is 0.306 e. The van der Waals surface area contributed by atoms with Crippen LogP contribution in [0.1, 0.15) is 24.8 Å². The Bertz CT molecular complexity index is 484. The summed E-state index contributed by atoms with van der Waals surface area (Å²) in [6, 6.07) is 8.61. The SMILES string of the molecule is c1ccc(-n2ccnc2)c(CN2CCCCC2)c1. The van der Waals surface area contributed by atoms with Crippen molar-refractivity contribution in [1.82, 2.24) is 14.5 Å². The molecular formula is C15H19N3. The van der Waals surface area contributed by atoms with Crippen LogP contribution in [0.25, 0.3) is 5.69 Å². The molecule has 1 aliphatic rings. The highest BCUT2D eigenvalue weighted by Gasteiger charge is 2.12. The molecule has 3 heteroatoms. The van der Waals surface area contributed by atoms with Gasteiger partial charge in [0.2, 0.25) is 0 Å². The highest BCUT2D eigenvalue weighted by molar-refractivity contribution is 5.40. The minimum atomic E-state index is 1.05. The summed E-state index contributed by atoms with van der Waals surface area (Å²) < 4.78 is 2.10. The fourth-order valence-electron chi connectivity index (χ4n) is 2.66. The average Bonchev–Trinajstić information content (AvgIpc) is 2.94. The molecule has 1 aliphatic heterocycles. The van der Waals surface area contributed by atoms with Gasteiger partial charge in [0, 0.05) is 18.9 Å². The first-order valence-corrected chi connectivity index (χ1v) is 6.72. The van der Waals surface area contributed by atoms with Crippen molar-refractivity contribution in [3.63, 3.8) is 0 Å². The number of para-hydroxylation sites is 1. The predicted octanol–water partition coefficient (Wildman–Crippen LogP) is 2.86. The zero-order valence-electron chi connectivity index (χ0n) is 10.6. The van der Waals surface area contributed by atoms with Crippen molar-refractivity contribution in [3.05, 3.63) is 48.5 Å². The lowest BCUT2D eigenvalue weighted by atomic mass is 10.1. The molecule has 0 radical (unpaired) electrons. The van der Waals surface area contributed by atoms with Gasteiger partial charge in [-0.3, -0.25) is 4.90 Å². The molecule has 18 heavy (non-hydrogen) atoms. The number of nitrogens with zero attached hydrogens (tertiary/aromatic N) is 3. The first-order chi connectivity index (χ1) is 8.93. The molecule has 0 bridgehead atoms. The maximum absolute atomic E-state index is 4.14. The molecule has 2 aromatic rings. The number of hydrogen-bond donors (Lipinski definition) is 0. The Kier molecular flexibility index (Phi) is 3.42. The smallest absolute Gasteiger partial charge is 0.0991 e. The number of rotatable bonds is 3. The van der Waals surface area contributed by atoms with Gasteiger partial charge in [0.1, 0.15) is 0 Å². The van der Waals surface area contributed by atoms with E-state index in [2.05, 4.69) is 38.7 Å². The van der Waals surface area contributed by atoms with Crippen LogP contribution < -0.4 is 0 Å². The molecule has 0 saturated carbocycles. The van der Waals surface area contributed by atoms with E-state index in [1.165, 1.54) is 43.6 Å². The third-order valence-electron chi connectivity index (χ3n) is 3.62. The molecule has 0 atom stereocenters. The van der Waals surface area contributed by atoms with Crippen LogP contribution in [0.4, 0.5) is 0 Å². The Balaban J connectivity index is 1.83. The maximum atomic E-state index is 4.14. The van der Waals surface area contributed by atoms with Gasteiger partial charge in [-0.2, -0.15) is 0 Å². The second-order valence-electron chi connectivity index (χ2n) is 4.94. The zero-order chi connectivity index (χ0) is 12.2. The van der Waals surface area contributed by atoms with Gasteiger partial charge in [-0.25, -0.2) is 4.98 Å². The van der Waals surface area contributed by atoms with Crippen molar-refractivity contribution in [2.45, 2.75) is 25.8 Å². The lowest BCUT2D eigenvalue weighted by Crippen LogP contribution is -2.29. The molecule has 0 amide bonds. The summed E-state index contributed by atoms with van der Waals surface area (Å²) in [6.07, 6.45) is 9.78. The fraction of sp³-hybridized carbons (Fsp3) is 0.400. The van der Waals surface area contributed by atoms with E-state index in [-0.39, 0.29) is 0 Å². The molecular weight excluding hydrogens is 222 g/mol. The third-order valence-corrected chi connectivity index (χ3v) is 3.62. The van der Waals surface area contributed by atoms with Gasteiger partial charge >= 0.3 is 0 Å². The number of piperidine rings is 1. The lowest BCUT2D eigenvalue weighted by molar-refractivity contribution is 0.221. The Hall–Kier alpha value is -1.61. The summed E-state index contributed by atoms with van der Waals surface area (Å²) in [6.45, 7) is 3.52. The minimum Gasteiger partial charge on any atom is -0.306 e. The van der Waals surface area contributed by atoms with Crippen LogP contribution in [0.15, 0.2) is 43.0 Å². The van der Waals surface area contributed by atoms with Crippen molar-refractivity contribution in [1.29, 1.82) is 0 Å². The summed E-state index contributed by atoms with van der Waals surface area (Å²) in [5.74, 6) is 0. The molecule has 1 saturated heterocycles. The summed E-state index contributed by atoms with van der Waals surface area (Å²) in [7, 11) is 0. The maximum Gasteiger partial charge on any atom is 0.0991 e.